The molecular formula is C26H33ClN2O2. The first-order valence-corrected chi connectivity index (χ1v) is 11.7. The Morgan fingerprint density at radius 1 is 1.03 bits per heavy atom. The van der Waals surface area contributed by atoms with Crippen LogP contribution >= 0.6 is 11.6 Å². The quantitative estimate of drug-likeness (QED) is 0.593. The van der Waals surface area contributed by atoms with E-state index in [0.717, 1.165) is 42.4 Å². The Kier molecular flexibility index (Phi) is 8.53. The first-order valence-electron chi connectivity index (χ1n) is 11.4. The fourth-order valence-corrected chi connectivity index (χ4v) is 4.54. The molecule has 0 bridgehead atoms. The lowest BCUT2D eigenvalue weighted by Gasteiger charge is -2.33. The van der Waals surface area contributed by atoms with Crippen LogP contribution in [0.4, 0.5) is 0 Å². The van der Waals surface area contributed by atoms with Gasteiger partial charge in [0.25, 0.3) is 0 Å². The van der Waals surface area contributed by atoms with E-state index in [1.807, 2.05) is 56.3 Å². The lowest BCUT2D eigenvalue weighted by molar-refractivity contribution is -0.141. The van der Waals surface area contributed by atoms with E-state index in [9.17, 15) is 9.59 Å². The summed E-state index contributed by atoms with van der Waals surface area (Å²) in [4.78, 5) is 28.5. The molecule has 0 heterocycles. The molecule has 5 heteroatoms. The van der Waals surface area contributed by atoms with Gasteiger partial charge in [-0.25, -0.2) is 0 Å². The van der Waals surface area contributed by atoms with Gasteiger partial charge in [0.1, 0.15) is 6.04 Å². The number of hydrogen-bond acceptors (Lipinski definition) is 2. The van der Waals surface area contributed by atoms with E-state index < -0.39 is 6.04 Å². The van der Waals surface area contributed by atoms with Crippen LogP contribution in [0.1, 0.15) is 62.1 Å². The second-order valence-corrected chi connectivity index (χ2v) is 8.89. The van der Waals surface area contributed by atoms with Gasteiger partial charge in [0.05, 0.1) is 6.42 Å². The molecule has 2 aromatic rings. The molecule has 0 aromatic heterocycles. The van der Waals surface area contributed by atoms with Crippen molar-refractivity contribution in [2.45, 2.75) is 77.4 Å². The largest absolute Gasteiger partial charge is 0.352 e. The first kappa shape index (κ1) is 23.3. The minimum absolute atomic E-state index is 0.0458. The Morgan fingerprint density at radius 3 is 2.32 bits per heavy atom. The molecule has 1 atom stereocenters. The smallest absolute Gasteiger partial charge is 0.243 e. The summed E-state index contributed by atoms with van der Waals surface area (Å²) in [6, 6.07) is 15.1. The number of amides is 2. The normalized spacial score (nSPS) is 15.3. The fourth-order valence-electron chi connectivity index (χ4n) is 4.34. The Bertz CT molecular complexity index is 892. The Hall–Kier alpha value is -2.33. The van der Waals surface area contributed by atoms with E-state index >= 15 is 0 Å². The SMILES string of the molecule is CC[C@H](C(=O)NC1CCCCC1)N(Cc1ccccc1C)C(=O)Cc1ccccc1Cl. The van der Waals surface area contributed by atoms with Crippen LogP contribution in [0.3, 0.4) is 0 Å². The van der Waals surface area contributed by atoms with Crippen molar-refractivity contribution in [2.24, 2.45) is 0 Å². The maximum Gasteiger partial charge on any atom is 0.243 e. The standard InChI is InChI=1S/C26H33ClN2O2/c1-3-24(26(31)28-22-14-5-4-6-15-22)29(18-21-13-8-7-11-19(21)2)25(30)17-20-12-9-10-16-23(20)27/h7-13,16,22,24H,3-6,14-15,17-18H2,1-2H3,(H,28,31)/t24-/m1/s1. The molecule has 0 aliphatic heterocycles. The summed E-state index contributed by atoms with van der Waals surface area (Å²) in [5, 5.41) is 3.80. The molecule has 2 aromatic carbocycles. The number of nitrogens with zero attached hydrogens (tertiary/aromatic N) is 1. The van der Waals surface area contributed by atoms with Crippen LogP contribution in [0.2, 0.25) is 5.02 Å². The minimum Gasteiger partial charge on any atom is -0.352 e. The number of aryl methyl sites for hydroxylation is 1. The van der Waals surface area contributed by atoms with Crippen LogP contribution in [-0.4, -0.2) is 28.8 Å². The molecule has 166 valence electrons. The van der Waals surface area contributed by atoms with Crippen molar-refractivity contribution in [3.05, 3.63) is 70.2 Å². The molecule has 0 spiro atoms. The molecule has 0 radical (unpaired) electrons. The molecule has 1 aliphatic rings. The first-order chi connectivity index (χ1) is 15.0. The van der Waals surface area contributed by atoms with E-state index in [0.29, 0.717) is 18.0 Å². The molecule has 1 saturated carbocycles. The highest BCUT2D eigenvalue weighted by molar-refractivity contribution is 6.31. The summed E-state index contributed by atoms with van der Waals surface area (Å²) < 4.78 is 0. The lowest BCUT2D eigenvalue weighted by atomic mass is 9.95. The lowest BCUT2D eigenvalue weighted by Crippen LogP contribution is -2.52. The topological polar surface area (TPSA) is 49.4 Å². The molecule has 4 nitrogen and oxygen atoms in total. The zero-order valence-corrected chi connectivity index (χ0v) is 19.3. The van der Waals surface area contributed by atoms with Crippen LogP contribution in [0.15, 0.2) is 48.5 Å². The van der Waals surface area contributed by atoms with Gasteiger partial charge in [-0.05, 0) is 48.9 Å². The number of carbonyl (C=O) groups excluding carboxylic acids is 2. The fraction of sp³-hybridized carbons (Fsp3) is 0.462. The zero-order chi connectivity index (χ0) is 22.2. The number of benzene rings is 2. The van der Waals surface area contributed by atoms with Crippen molar-refractivity contribution in [3.8, 4) is 0 Å². The highest BCUT2D eigenvalue weighted by Crippen LogP contribution is 2.22. The predicted octanol–water partition coefficient (Wildman–Crippen LogP) is 5.45. The van der Waals surface area contributed by atoms with E-state index in [-0.39, 0.29) is 24.3 Å². The van der Waals surface area contributed by atoms with Crippen molar-refractivity contribution in [1.29, 1.82) is 0 Å². The monoisotopic (exact) mass is 440 g/mol. The maximum absolute atomic E-state index is 13.5. The average molecular weight is 441 g/mol. The molecule has 31 heavy (non-hydrogen) atoms. The molecule has 0 unspecified atom stereocenters. The molecule has 3 rings (SSSR count). The van der Waals surface area contributed by atoms with E-state index in [2.05, 4.69) is 5.32 Å². The summed E-state index contributed by atoms with van der Waals surface area (Å²) in [5.74, 6) is -0.127. The summed E-state index contributed by atoms with van der Waals surface area (Å²) >= 11 is 6.31. The van der Waals surface area contributed by atoms with Crippen molar-refractivity contribution in [1.82, 2.24) is 10.2 Å². The highest BCUT2D eigenvalue weighted by Gasteiger charge is 2.30. The number of hydrogen-bond donors (Lipinski definition) is 1. The Morgan fingerprint density at radius 2 is 1.68 bits per heavy atom. The molecule has 0 saturated heterocycles. The molecule has 2 amide bonds. The Labute approximate surface area is 191 Å². The van der Waals surface area contributed by atoms with Crippen molar-refractivity contribution >= 4 is 23.4 Å². The van der Waals surface area contributed by atoms with Gasteiger partial charge in [0, 0.05) is 17.6 Å². The Balaban J connectivity index is 1.83. The van der Waals surface area contributed by atoms with Crippen LogP contribution in [0.5, 0.6) is 0 Å². The average Bonchev–Trinajstić information content (AvgIpc) is 2.77. The minimum atomic E-state index is -0.503. The second kappa shape index (κ2) is 11.3. The van der Waals surface area contributed by atoms with Gasteiger partial charge in [-0.3, -0.25) is 9.59 Å². The summed E-state index contributed by atoms with van der Waals surface area (Å²) in [7, 11) is 0. The molecule has 1 N–H and O–H groups in total. The van der Waals surface area contributed by atoms with Gasteiger partial charge < -0.3 is 10.2 Å². The predicted molar refractivity (Wildman–Crippen MR) is 126 cm³/mol. The van der Waals surface area contributed by atoms with Crippen molar-refractivity contribution in [2.75, 3.05) is 0 Å². The van der Waals surface area contributed by atoms with Gasteiger partial charge in [-0.15, -0.1) is 0 Å². The number of carbonyl (C=O) groups is 2. The van der Waals surface area contributed by atoms with Crippen LogP contribution in [0.25, 0.3) is 0 Å². The van der Waals surface area contributed by atoms with Gasteiger partial charge >= 0.3 is 0 Å². The van der Waals surface area contributed by atoms with Crippen molar-refractivity contribution < 1.29 is 9.59 Å². The van der Waals surface area contributed by atoms with E-state index in [1.165, 1.54) is 6.42 Å². The van der Waals surface area contributed by atoms with E-state index in [1.54, 1.807) is 11.0 Å². The van der Waals surface area contributed by atoms with Crippen LogP contribution in [-0.2, 0) is 22.6 Å². The summed E-state index contributed by atoms with van der Waals surface area (Å²) in [6.07, 6.45) is 6.33. The number of halogens is 1. The zero-order valence-electron chi connectivity index (χ0n) is 18.6. The third kappa shape index (κ3) is 6.33. The van der Waals surface area contributed by atoms with Gasteiger partial charge in [0.2, 0.25) is 11.8 Å². The number of rotatable bonds is 8. The second-order valence-electron chi connectivity index (χ2n) is 8.48. The van der Waals surface area contributed by atoms with Gasteiger partial charge in [-0.1, -0.05) is 80.3 Å². The summed E-state index contributed by atoms with van der Waals surface area (Å²) in [5.41, 5.74) is 2.95. The number of nitrogens with one attached hydrogen (secondary N) is 1. The third-order valence-electron chi connectivity index (χ3n) is 6.24. The van der Waals surface area contributed by atoms with E-state index in [4.69, 9.17) is 11.6 Å². The maximum atomic E-state index is 13.5. The van der Waals surface area contributed by atoms with Gasteiger partial charge in [-0.2, -0.15) is 0 Å². The van der Waals surface area contributed by atoms with Crippen LogP contribution in [0, 0.1) is 6.92 Å². The highest BCUT2D eigenvalue weighted by atomic mass is 35.5. The van der Waals surface area contributed by atoms with Crippen LogP contribution < -0.4 is 5.32 Å². The molecule has 1 aliphatic carbocycles. The van der Waals surface area contributed by atoms with Gasteiger partial charge in [0.15, 0.2) is 0 Å². The molecule has 1 fully saturated rings. The summed E-state index contributed by atoms with van der Waals surface area (Å²) in [6.45, 7) is 4.42. The third-order valence-corrected chi connectivity index (χ3v) is 6.61. The van der Waals surface area contributed by atoms with Crippen molar-refractivity contribution in [3.63, 3.8) is 0 Å². The molecular weight excluding hydrogens is 408 g/mol.